The molecule has 118 valence electrons. The SMILES string of the molecule is COc1ccc(/C=N/N=C2\NC(=O)C(CCO)S2)cc1OC. The molecule has 2 rings (SSSR count). The Hall–Kier alpha value is -2.06. The first-order valence-electron chi connectivity index (χ1n) is 6.59. The van der Waals surface area contributed by atoms with Crippen LogP contribution in [0.3, 0.4) is 0 Å². The average molecular weight is 323 g/mol. The predicted molar refractivity (Wildman–Crippen MR) is 85.8 cm³/mol. The van der Waals surface area contributed by atoms with Crippen molar-refractivity contribution in [3.05, 3.63) is 23.8 Å². The fourth-order valence-electron chi connectivity index (χ4n) is 1.84. The lowest BCUT2D eigenvalue weighted by Gasteiger charge is -2.07. The van der Waals surface area contributed by atoms with Crippen LogP contribution >= 0.6 is 11.8 Å². The van der Waals surface area contributed by atoms with Crippen molar-refractivity contribution < 1.29 is 19.4 Å². The first-order valence-corrected chi connectivity index (χ1v) is 7.47. The topological polar surface area (TPSA) is 92.5 Å². The van der Waals surface area contributed by atoms with E-state index < -0.39 is 0 Å². The number of thioether (sulfide) groups is 1. The van der Waals surface area contributed by atoms with Crippen molar-refractivity contribution in [2.75, 3.05) is 20.8 Å². The summed E-state index contributed by atoms with van der Waals surface area (Å²) < 4.78 is 10.4. The summed E-state index contributed by atoms with van der Waals surface area (Å²) in [4.78, 5) is 11.6. The minimum Gasteiger partial charge on any atom is -0.493 e. The van der Waals surface area contributed by atoms with Crippen molar-refractivity contribution in [3.63, 3.8) is 0 Å². The van der Waals surface area contributed by atoms with Crippen molar-refractivity contribution in [1.82, 2.24) is 5.32 Å². The minimum absolute atomic E-state index is 0.0344. The van der Waals surface area contributed by atoms with Crippen LogP contribution in [0.25, 0.3) is 0 Å². The molecule has 1 atom stereocenters. The third-order valence-corrected chi connectivity index (χ3v) is 4.07. The van der Waals surface area contributed by atoms with E-state index in [1.54, 1.807) is 32.6 Å². The highest BCUT2D eigenvalue weighted by molar-refractivity contribution is 8.15. The molecule has 1 aliphatic rings. The minimum atomic E-state index is -0.306. The summed E-state index contributed by atoms with van der Waals surface area (Å²) in [7, 11) is 3.13. The van der Waals surface area contributed by atoms with Crippen LogP contribution in [0.4, 0.5) is 0 Å². The standard InChI is InChI=1S/C14H17N3O4S/c1-20-10-4-3-9(7-11(10)21-2)8-15-17-14-16-13(19)12(22-14)5-6-18/h3-4,7-8,12,18H,5-6H2,1-2H3,(H,16,17,19)/b15-8+. The molecule has 1 unspecified atom stereocenters. The molecule has 22 heavy (non-hydrogen) atoms. The molecule has 1 amide bonds. The lowest BCUT2D eigenvalue weighted by Crippen LogP contribution is -2.25. The third-order valence-electron chi connectivity index (χ3n) is 2.93. The van der Waals surface area contributed by atoms with Crippen LogP contribution in [0.5, 0.6) is 11.5 Å². The van der Waals surface area contributed by atoms with Crippen LogP contribution < -0.4 is 14.8 Å². The molecule has 1 saturated heterocycles. The molecule has 0 aliphatic carbocycles. The van der Waals surface area contributed by atoms with Crippen molar-refractivity contribution in [3.8, 4) is 11.5 Å². The number of hydrogen-bond donors (Lipinski definition) is 2. The van der Waals surface area contributed by atoms with Gasteiger partial charge in [0.2, 0.25) is 5.91 Å². The van der Waals surface area contributed by atoms with Gasteiger partial charge in [-0.25, -0.2) is 0 Å². The van der Waals surface area contributed by atoms with Gasteiger partial charge in [0.15, 0.2) is 16.7 Å². The van der Waals surface area contributed by atoms with Gasteiger partial charge >= 0.3 is 0 Å². The van der Waals surface area contributed by atoms with Crippen molar-refractivity contribution in [2.24, 2.45) is 10.2 Å². The molecule has 1 aliphatic heterocycles. The van der Waals surface area contributed by atoms with E-state index >= 15 is 0 Å². The molecule has 1 aromatic rings. The van der Waals surface area contributed by atoms with Gasteiger partial charge in [-0.1, -0.05) is 11.8 Å². The summed E-state index contributed by atoms with van der Waals surface area (Å²) in [5, 5.41) is 19.5. The normalized spacial score (nSPS) is 19.7. The fourth-order valence-corrected chi connectivity index (χ4v) is 2.75. The zero-order chi connectivity index (χ0) is 15.9. The lowest BCUT2D eigenvalue weighted by atomic mass is 10.2. The molecule has 0 aromatic heterocycles. The Morgan fingerprint density at radius 3 is 2.82 bits per heavy atom. The van der Waals surface area contributed by atoms with Crippen LogP contribution in [0.2, 0.25) is 0 Å². The number of nitrogens with one attached hydrogen (secondary N) is 1. The summed E-state index contributed by atoms with van der Waals surface area (Å²) in [5.41, 5.74) is 0.795. The van der Waals surface area contributed by atoms with Crippen LogP contribution in [0.15, 0.2) is 28.4 Å². The number of carbonyl (C=O) groups is 1. The van der Waals surface area contributed by atoms with Gasteiger partial charge in [-0.05, 0) is 30.2 Å². The van der Waals surface area contributed by atoms with Crippen LogP contribution in [-0.2, 0) is 4.79 Å². The van der Waals surface area contributed by atoms with E-state index in [0.717, 1.165) is 5.56 Å². The third kappa shape index (κ3) is 3.99. The molecule has 2 N–H and O–H groups in total. The molecular formula is C14H17N3O4S. The molecule has 1 heterocycles. The number of aliphatic hydroxyl groups is 1. The quantitative estimate of drug-likeness (QED) is 0.602. The molecule has 7 nitrogen and oxygen atoms in total. The number of amides is 1. The van der Waals surface area contributed by atoms with E-state index in [4.69, 9.17) is 14.6 Å². The van der Waals surface area contributed by atoms with Gasteiger partial charge in [-0.15, -0.1) is 5.10 Å². The first-order chi connectivity index (χ1) is 10.7. The van der Waals surface area contributed by atoms with E-state index in [1.165, 1.54) is 11.8 Å². The van der Waals surface area contributed by atoms with Crippen molar-refractivity contribution in [2.45, 2.75) is 11.7 Å². The molecular weight excluding hydrogens is 306 g/mol. The lowest BCUT2D eigenvalue weighted by molar-refractivity contribution is -0.119. The Labute approximate surface area is 132 Å². The Balaban J connectivity index is 2.03. The van der Waals surface area contributed by atoms with Crippen molar-refractivity contribution >= 4 is 29.1 Å². The Bertz CT molecular complexity index is 604. The number of nitrogens with zero attached hydrogens (tertiary/aromatic N) is 2. The van der Waals surface area contributed by atoms with E-state index in [2.05, 4.69) is 15.5 Å². The number of aliphatic hydroxyl groups excluding tert-OH is 1. The zero-order valence-corrected chi connectivity index (χ0v) is 13.1. The fraction of sp³-hybridized carbons (Fsp3) is 0.357. The maximum Gasteiger partial charge on any atom is 0.239 e. The maximum absolute atomic E-state index is 11.6. The van der Waals surface area contributed by atoms with Gasteiger partial charge in [0, 0.05) is 6.61 Å². The molecule has 1 aromatic carbocycles. The molecule has 0 spiro atoms. The van der Waals surface area contributed by atoms with E-state index in [1.807, 2.05) is 6.07 Å². The predicted octanol–water partition coefficient (Wildman–Crippen LogP) is 1.01. The number of carbonyl (C=O) groups excluding carboxylic acids is 1. The van der Waals surface area contributed by atoms with Gasteiger partial charge in [0.1, 0.15) is 0 Å². The Kier molecular flexibility index (Phi) is 5.79. The molecule has 0 saturated carbocycles. The van der Waals surface area contributed by atoms with Crippen LogP contribution in [0, 0.1) is 0 Å². The van der Waals surface area contributed by atoms with Gasteiger partial charge in [-0.2, -0.15) is 5.10 Å². The number of benzene rings is 1. The van der Waals surface area contributed by atoms with E-state index in [0.29, 0.717) is 23.1 Å². The summed E-state index contributed by atoms with van der Waals surface area (Å²) in [6, 6.07) is 5.37. The van der Waals surface area contributed by atoms with Gasteiger partial charge in [0.25, 0.3) is 0 Å². The highest BCUT2D eigenvalue weighted by Gasteiger charge is 2.29. The van der Waals surface area contributed by atoms with Gasteiger partial charge in [0.05, 0.1) is 25.7 Å². The van der Waals surface area contributed by atoms with Crippen molar-refractivity contribution in [1.29, 1.82) is 0 Å². The smallest absolute Gasteiger partial charge is 0.239 e. The van der Waals surface area contributed by atoms with Gasteiger partial charge < -0.3 is 19.9 Å². The van der Waals surface area contributed by atoms with Crippen LogP contribution in [0.1, 0.15) is 12.0 Å². The second-order valence-corrected chi connectivity index (χ2v) is 5.56. The highest BCUT2D eigenvalue weighted by Crippen LogP contribution is 2.27. The summed E-state index contributed by atoms with van der Waals surface area (Å²) >= 11 is 1.26. The number of methoxy groups -OCH3 is 2. The number of ether oxygens (including phenoxy) is 2. The summed E-state index contributed by atoms with van der Waals surface area (Å²) in [6.45, 7) is -0.0344. The van der Waals surface area contributed by atoms with E-state index in [-0.39, 0.29) is 17.8 Å². The zero-order valence-electron chi connectivity index (χ0n) is 12.3. The highest BCUT2D eigenvalue weighted by atomic mass is 32.2. The molecule has 1 fully saturated rings. The second-order valence-electron chi connectivity index (χ2n) is 4.37. The molecule has 0 bridgehead atoms. The number of amidine groups is 1. The monoisotopic (exact) mass is 323 g/mol. The first kappa shape index (κ1) is 16.3. The largest absolute Gasteiger partial charge is 0.493 e. The number of hydrogen-bond acceptors (Lipinski definition) is 7. The second kappa shape index (κ2) is 7.81. The molecule has 0 radical (unpaired) electrons. The summed E-state index contributed by atoms with van der Waals surface area (Å²) in [5.74, 6) is 1.08. The van der Waals surface area contributed by atoms with Crippen LogP contribution in [-0.4, -0.2) is 48.5 Å². The average Bonchev–Trinajstić information content (AvgIpc) is 2.87. The molecule has 8 heteroatoms. The number of rotatable bonds is 6. The Morgan fingerprint density at radius 2 is 2.14 bits per heavy atom. The Morgan fingerprint density at radius 1 is 1.36 bits per heavy atom. The van der Waals surface area contributed by atoms with Gasteiger partial charge in [-0.3, -0.25) is 4.79 Å². The maximum atomic E-state index is 11.6. The summed E-state index contributed by atoms with van der Waals surface area (Å²) in [6.07, 6.45) is 1.95. The van der Waals surface area contributed by atoms with E-state index in [9.17, 15) is 4.79 Å².